The van der Waals surface area contributed by atoms with Crippen molar-refractivity contribution in [3.8, 4) is 0 Å². The number of hydrogen-bond donors (Lipinski definition) is 1. The summed E-state index contributed by atoms with van der Waals surface area (Å²) < 4.78 is 16.3. The highest BCUT2D eigenvalue weighted by Gasteiger charge is 2.50. The fourth-order valence-electron chi connectivity index (χ4n) is 2.11. The highest BCUT2D eigenvalue weighted by molar-refractivity contribution is 4.97. The molecule has 0 radical (unpaired) electrons. The first-order valence-corrected chi connectivity index (χ1v) is 5.89. The molecule has 2 aliphatic heterocycles. The van der Waals surface area contributed by atoms with Gasteiger partial charge < -0.3 is 19.3 Å². The maximum atomic E-state index is 10.0. The van der Waals surface area contributed by atoms with Gasteiger partial charge in [-0.05, 0) is 12.0 Å². The van der Waals surface area contributed by atoms with Gasteiger partial charge in [0.25, 0.3) is 0 Å². The third kappa shape index (κ3) is 2.53. The van der Waals surface area contributed by atoms with Gasteiger partial charge in [-0.3, -0.25) is 0 Å². The molecule has 17 heavy (non-hydrogen) atoms. The molecule has 2 aliphatic rings. The second kappa shape index (κ2) is 5.66. The largest absolute Gasteiger partial charge is 0.388 e. The van der Waals surface area contributed by atoms with Gasteiger partial charge in [-0.25, -0.2) is 0 Å². The fourth-order valence-corrected chi connectivity index (χ4v) is 2.11. The minimum atomic E-state index is -0.805. The second-order valence-electron chi connectivity index (χ2n) is 4.25. The van der Waals surface area contributed by atoms with Crippen LogP contribution in [0.1, 0.15) is 19.8 Å². The summed E-state index contributed by atoms with van der Waals surface area (Å²) in [6.07, 6.45) is -0.398. The summed E-state index contributed by atoms with van der Waals surface area (Å²) in [6.45, 7) is 2.91. The van der Waals surface area contributed by atoms with E-state index in [9.17, 15) is 5.11 Å². The van der Waals surface area contributed by atoms with E-state index < -0.39 is 24.5 Å². The quantitative estimate of drug-likeness (QED) is 0.336. The predicted octanol–water partition coefficient (Wildman–Crippen LogP) is 0.967. The predicted molar refractivity (Wildman–Crippen MR) is 58.2 cm³/mol. The molecule has 0 aliphatic carbocycles. The zero-order valence-corrected chi connectivity index (χ0v) is 9.73. The third-order valence-corrected chi connectivity index (χ3v) is 3.06. The number of aliphatic hydroxyl groups is 1. The molecule has 0 aromatic rings. The van der Waals surface area contributed by atoms with Gasteiger partial charge in [-0.1, -0.05) is 18.5 Å². The maximum Gasteiger partial charge on any atom is 0.169 e. The van der Waals surface area contributed by atoms with Crippen molar-refractivity contribution in [2.45, 2.75) is 50.4 Å². The van der Waals surface area contributed by atoms with Gasteiger partial charge in [-0.2, -0.15) is 0 Å². The van der Waals surface area contributed by atoms with E-state index in [1.165, 1.54) is 0 Å². The molecule has 2 unspecified atom stereocenters. The molecule has 2 heterocycles. The van der Waals surface area contributed by atoms with E-state index in [1.54, 1.807) is 0 Å². The molecule has 96 valence electrons. The topological polar surface area (TPSA) is 96.7 Å². The summed E-state index contributed by atoms with van der Waals surface area (Å²) >= 11 is 0. The van der Waals surface area contributed by atoms with Crippen molar-refractivity contribution in [1.29, 1.82) is 0 Å². The van der Waals surface area contributed by atoms with Crippen molar-refractivity contribution in [3.63, 3.8) is 0 Å². The molecule has 7 nitrogen and oxygen atoms in total. The van der Waals surface area contributed by atoms with E-state index in [-0.39, 0.29) is 6.10 Å². The Bertz CT molecular complexity index is 308. The highest BCUT2D eigenvalue weighted by Crippen LogP contribution is 2.31. The lowest BCUT2D eigenvalue weighted by molar-refractivity contribution is -0.192. The minimum absolute atomic E-state index is 0.316. The Morgan fingerprint density at radius 2 is 2.41 bits per heavy atom. The third-order valence-electron chi connectivity index (χ3n) is 3.06. The minimum Gasteiger partial charge on any atom is -0.388 e. The first kappa shape index (κ1) is 12.6. The van der Waals surface area contributed by atoms with Crippen LogP contribution in [0.2, 0.25) is 0 Å². The van der Waals surface area contributed by atoms with Crippen LogP contribution in [0.15, 0.2) is 5.11 Å². The molecule has 0 saturated carbocycles. The lowest BCUT2D eigenvalue weighted by Crippen LogP contribution is -2.54. The Balaban J connectivity index is 2.05. The van der Waals surface area contributed by atoms with Crippen LogP contribution < -0.4 is 0 Å². The van der Waals surface area contributed by atoms with E-state index >= 15 is 0 Å². The first-order valence-electron chi connectivity index (χ1n) is 5.89. The molecule has 7 heteroatoms. The number of azide groups is 1. The molecular weight excluding hydrogens is 226 g/mol. The fraction of sp³-hybridized carbons (Fsp3) is 1.00. The molecule has 2 bridgehead atoms. The smallest absolute Gasteiger partial charge is 0.169 e. The van der Waals surface area contributed by atoms with Crippen LogP contribution in [0.5, 0.6) is 0 Å². The number of hydrogen-bond acceptors (Lipinski definition) is 5. The maximum absolute atomic E-state index is 10.0. The second-order valence-corrected chi connectivity index (χ2v) is 4.25. The van der Waals surface area contributed by atoms with Crippen molar-refractivity contribution in [2.75, 3.05) is 13.2 Å². The Morgan fingerprint density at radius 3 is 3.12 bits per heavy atom. The van der Waals surface area contributed by atoms with Crippen LogP contribution in [0.3, 0.4) is 0 Å². The summed E-state index contributed by atoms with van der Waals surface area (Å²) in [7, 11) is 0. The van der Waals surface area contributed by atoms with E-state index in [4.69, 9.17) is 19.7 Å². The van der Waals surface area contributed by atoms with Crippen LogP contribution >= 0.6 is 0 Å². The zero-order valence-electron chi connectivity index (χ0n) is 9.73. The lowest BCUT2D eigenvalue weighted by atomic mass is 9.99. The standard InChI is InChI=1S/C10H17N3O4/c1-2-3-4-15-9-7(12-13-11)10-16-5-6(17-10)8(9)14/h6-10,14H,2-5H2,1H3/t6?,7-,8+,9?,10+/m0/s1. The summed E-state index contributed by atoms with van der Waals surface area (Å²) in [5, 5.41) is 13.7. The summed E-state index contributed by atoms with van der Waals surface area (Å²) in [5.41, 5.74) is 8.53. The normalized spacial score (nSPS) is 40.0. The number of aliphatic hydroxyl groups excluding tert-OH is 1. The summed E-state index contributed by atoms with van der Waals surface area (Å²) in [5.74, 6) is 0. The van der Waals surface area contributed by atoms with Crippen molar-refractivity contribution in [3.05, 3.63) is 10.4 Å². The average Bonchev–Trinajstić information content (AvgIpc) is 2.76. The first-order chi connectivity index (χ1) is 8.27. The van der Waals surface area contributed by atoms with Gasteiger partial charge in [0.15, 0.2) is 6.29 Å². The number of rotatable bonds is 5. The molecule has 0 aromatic heterocycles. The van der Waals surface area contributed by atoms with Gasteiger partial charge in [0.05, 0.1) is 12.7 Å². The summed E-state index contributed by atoms with van der Waals surface area (Å²) in [4.78, 5) is 2.76. The number of unbranched alkanes of at least 4 members (excludes halogenated alkanes) is 1. The Kier molecular flexibility index (Phi) is 4.20. The van der Waals surface area contributed by atoms with E-state index in [2.05, 4.69) is 16.9 Å². The van der Waals surface area contributed by atoms with Crippen LogP contribution in [0.4, 0.5) is 0 Å². The molecule has 0 amide bonds. The van der Waals surface area contributed by atoms with E-state index in [1.807, 2.05) is 0 Å². The summed E-state index contributed by atoms with van der Waals surface area (Å²) in [6, 6.07) is -0.620. The monoisotopic (exact) mass is 243 g/mol. The molecule has 5 atom stereocenters. The Morgan fingerprint density at radius 1 is 1.59 bits per heavy atom. The van der Waals surface area contributed by atoms with Crippen molar-refractivity contribution in [1.82, 2.24) is 0 Å². The van der Waals surface area contributed by atoms with Crippen LogP contribution in [-0.4, -0.2) is 49.0 Å². The van der Waals surface area contributed by atoms with E-state index in [0.717, 1.165) is 12.8 Å². The van der Waals surface area contributed by atoms with Gasteiger partial charge in [0, 0.05) is 11.5 Å². The molecule has 2 fully saturated rings. The SMILES string of the molecule is CCCCOC1[C@H](O)C2CO[C@H](O2)[C@H]1N=[N+]=[N-]. The Hall–Kier alpha value is -0.850. The number of fused-ring (bicyclic) bond motifs is 2. The lowest BCUT2D eigenvalue weighted by Gasteiger charge is -2.36. The van der Waals surface area contributed by atoms with Gasteiger partial charge >= 0.3 is 0 Å². The van der Waals surface area contributed by atoms with Crippen LogP contribution in [0.25, 0.3) is 10.4 Å². The molecule has 0 spiro atoms. The van der Waals surface area contributed by atoms with Crippen molar-refractivity contribution in [2.24, 2.45) is 5.11 Å². The molecular formula is C10H17N3O4. The average molecular weight is 243 g/mol. The van der Waals surface area contributed by atoms with Crippen LogP contribution in [-0.2, 0) is 14.2 Å². The number of nitrogens with zero attached hydrogens (tertiary/aromatic N) is 3. The highest BCUT2D eigenvalue weighted by atomic mass is 16.7. The van der Waals surface area contributed by atoms with Gasteiger partial charge in [-0.15, -0.1) is 0 Å². The van der Waals surface area contributed by atoms with Gasteiger partial charge in [0.1, 0.15) is 18.2 Å². The molecule has 0 aromatic carbocycles. The van der Waals surface area contributed by atoms with Crippen molar-refractivity contribution < 1.29 is 19.3 Å². The Labute approximate surface area is 99.3 Å². The molecule has 1 N–H and O–H groups in total. The molecule has 2 rings (SSSR count). The van der Waals surface area contributed by atoms with Crippen LogP contribution in [0, 0.1) is 0 Å². The van der Waals surface area contributed by atoms with E-state index in [0.29, 0.717) is 13.2 Å². The van der Waals surface area contributed by atoms with Crippen molar-refractivity contribution >= 4 is 0 Å². The molecule has 2 saturated heterocycles. The zero-order chi connectivity index (χ0) is 12.3. The number of ether oxygens (including phenoxy) is 3. The van der Waals surface area contributed by atoms with Gasteiger partial charge in [0.2, 0.25) is 0 Å².